The van der Waals surface area contributed by atoms with Crippen LogP contribution >= 0.6 is 0 Å². The third-order valence-electron chi connectivity index (χ3n) is 34.3. The van der Waals surface area contributed by atoms with Gasteiger partial charge in [-0.05, 0) is 142 Å². The SMILES string of the molecule is CC(=O)OCC1=C[C@H]2[C@@H]3C(C)(C)[C@]3(OC(C)=O)C[C@@H](C)[C@]2(O)[C@@H]2C=C(C)C(=O)[C@@]2(O)C1.CC(=O)O[C@@]12C[C@@H](C)[C@@]3(O)[C@@H](C=C(CO)C[C@]4(O)C(=O)C(C)=C[C@@H]34)[C@@H]1C2(C)C.CC(=O)O[C@@]12C[C@@H](C)[C@@]3(O)[C@@H](C=C(COC(=O)C(C)(C)C)C[C@]4(O)C(=O)C(C)=C[C@@H]34)[C@@H]1C2(C)C.CC1=C[C@H]2[C@@]3(O)[C@H](C)C[C@]4(OC(=O)C(C)C)[C@H]([C@@H]3C=C(CO)C[C@]2(O)C1=O)C4(C)C. The standard InChI is InChI=1S/C27H38O7.C24H32O7.C24H34O6.C22H30O6/c1-14-9-19-25(31,21(14)29)12-17(13-33-22(30)23(4,5)6)10-18-20-24(7,8)26(20,34-16(3)28)11-15(2)27(18,19)32;1-12-7-18-22(28,20(12)27)10-16(11-30-14(3)25)8-17-19-21(5,6)23(19,31-15(4)26)9-13(2)24(17,18)29;1-12(2)20(27)30-23-9-14(4)24(29)16(18(23)21(23,5)6)8-15(11-25)10-22(28)17(24)7-13(3)19(22)26;1-11-6-16-20(26,18(11)25)9-14(10-23)7-15-17-19(4,5)21(17,28-13(3)24)8-12(2)22(15,16)27/h9-10,15,18-20,31-32H,11-13H2,1-8H3;7-8,13,17-19,28-29H,9-11H2,1-6H3;7-8,12,14,16-18,25,28-29H,9-11H2,1-6H3;6-7,12,15-17,23,26-27H,8-10H2,1-5H3/t15-,18+,19-,20-,25-,26+,27-;13-,17+,18-,19-,22-,23+,24-;14-,16+,17-,18-,22-,23+,24-;12-,15+,16-,17-,20-,21+,22-/m1111/s1. The molecule has 0 aliphatic heterocycles. The maximum absolute atomic E-state index is 13.2. The molecule has 0 bridgehead atoms. The van der Waals surface area contributed by atoms with Crippen molar-refractivity contribution in [2.75, 3.05) is 26.4 Å². The van der Waals surface area contributed by atoms with E-state index >= 15 is 0 Å². The van der Waals surface area contributed by atoms with Crippen LogP contribution in [-0.4, -0.2) is 204 Å². The van der Waals surface area contributed by atoms with Crippen molar-refractivity contribution >= 4 is 58.9 Å². The van der Waals surface area contributed by atoms with Gasteiger partial charge in [0.1, 0.15) is 58.0 Å². The van der Waals surface area contributed by atoms with Crippen LogP contribution in [0, 0.1) is 128 Å². The van der Waals surface area contributed by atoms with Crippen molar-refractivity contribution in [1.29, 1.82) is 0 Å². The number of fused-ring (bicyclic) bond motifs is 20. The smallest absolute Gasteiger partial charge is 0.311 e. The Bertz CT molecular complexity index is 4820. The lowest BCUT2D eigenvalue weighted by Gasteiger charge is -2.50. The highest BCUT2D eigenvalue weighted by Crippen LogP contribution is 2.81. The molecule has 28 atom stereocenters. The van der Waals surface area contributed by atoms with Crippen LogP contribution < -0.4 is 0 Å². The molecule has 26 nitrogen and oxygen atoms in total. The van der Waals surface area contributed by atoms with E-state index in [4.69, 9.17) is 28.4 Å². The zero-order valence-electron chi connectivity index (χ0n) is 76.4. The van der Waals surface area contributed by atoms with Crippen molar-refractivity contribution in [2.24, 2.45) is 128 Å². The summed E-state index contributed by atoms with van der Waals surface area (Å²) in [6.45, 7) is 44.1. The fourth-order valence-electron chi connectivity index (χ4n) is 28.0. The number of Topliss-reactive ketones (excluding diaryl/α,β-unsaturated/α-hetero) is 4. The van der Waals surface area contributed by atoms with E-state index in [2.05, 4.69) is 0 Å². The van der Waals surface area contributed by atoms with Gasteiger partial charge in [-0.3, -0.25) is 47.9 Å². The molecule has 8 fully saturated rings. The first-order valence-electron chi connectivity index (χ1n) is 44.1. The Balaban J connectivity index is 0.000000141. The monoisotopic (exact) mass is 1710 g/mol. The predicted octanol–water partition coefficient (Wildman–Crippen LogP) is 8.92. The van der Waals surface area contributed by atoms with E-state index in [1.807, 2.05) is 107 Å². The lowest BCUT2D eigenvalue weighted by atomic mass is 9.60. The van der Waals surface area contributed by atoms with Gasteiger partial charge in [0.25, 0.3) is 0 Å². The van der Waals surface area contributed by atoms with Gasteiger partial charge in [0.15, 0.2) is 23.1 Å². The number of esters is 6. The van der Waals surface area contributed by atoms with Crippen LogP contribution in [0.3, 0.4) is 0 Å². The first-order valence-corrected chi connectivity index (χ1v) is 44.1. The van der Waals surface area contributed by atoms with E-state index in [1.165, 1.54) is 27.7 Å². The number of ether oxygens (including phenoxy) is 6. The van der Waals surface area contributed by atoms with Crippen LogP contribution in [0.5, 0.6) is 0 Å². The van der Waals surface area contributed by atoms with Gasteiger partial charge in [0.2, 0.25) is 0 Å². The summed E-state index contributed by atoms with van der Waals surface area (Å²) in [5.74, 6) is -11.1. The van der Waals surface area contributed by atoms with E-state index in [0.717, 1.165) is 0 Å². The zero-order chi connectivity index (χ0) is 92.1. The highest BCUT2D eigenvalue weighted by molar-refractivity contribution is 6.07. The second kappa shape index (κ2) is 29.3. The Labute approximate surface area is 721 Å². The molecule has 123 heavy (non-hydrogen) atoms. The number of ketones is 4. The van der Waals surface area contributed by atoms with Crippen LogP contribution in [-0.2, 0) is 76.4 Å². The molecule has 16 aliphatic rings. The summed E-state index contributed by atoms with van der Waals surface area (Å²) in [6.07, 6.45) is 16.0. The fraction of sp³-hybridized carbons (Fsp3) is 0.732. The lowest BCUT2D eigenvalue weighted by Crippen LogP contribution is -2.61. The third-order valence-corrected chi connectivity index (χ3v) is 34.3. The predicted molar refractivity (Wildman–Crippen MR) is 446 cm³/mol. The molecule has 0 aromatic heterocycles. The maximum atomic E-state index is 13.2. The molecule has 26 heteroatoms. The van der Waals surface area contributed by atoms with Crippen molar-refractivity contribution in [2.45, 2.75) is 292 Å². The largest absolute Gasteiger partial charge is 0.461 e. The van der Waals surface area contributed by atoms with Crippen LogP contribution in [0.15, 0.2) is 93.2 Å². The minimum absolute atomic E-state index is 0.0000834. The molecule has 678 valence electrons. The van der Waals surface area contributed by atoms with Gasteiger partial charge in [-0.2, -0.15) is 0 Å². The topological polar surface area (TPSA) is 428 Å². The van der Waals surface area contributed by atoms with Gasteiger partial charge in [-0.25, -0.2) is 0 Å². The molecule has 0 aromatic carbocycles. The molecular weight excluding hydrogens is 1580 g/mol. The quantitative estimate of drug-likeness (QED) is 0.0524. The summed E-state index contributed by atoms with van der Waals surface area (Å²) in [5, 5.41) is 115. The Morgan fingerprint density at radius 3 is 0.821 bits per heavy atom. The summed E-state index contributed by atoms with van der Waals surface area (Å²) in [5.41, 5.74) is -13.8. The Morgan fingerprint density at radius 2 is 0.602 bits per heavy atom. The normalized spacial score (nSPS) is 45.3. The summed E-state index contributed by atoms with van der Waals surface area (Å²) in [4.78, 5) is 124. The fourth-order valence-corrected chi connectivity index (χ4v) is 28.0. The average Bonchev–Trinajstić information content (AvgIpc) is 1.49. The number of carbonyl (C=O) groups is 10. The molecular formula is C97H134O26. The van der Waals surface area contributed by atoms with Crippen LogP contribution in [0.2, 0.25) is 0 Å². The molecule has 0 spiro atoms. The second-order valence-corrected chi connectivity index (χ2v) is 44.0. The summed E-state index contributed by atoms with van der Waals surface area (Å²) in [6, 6.07) is 0. The summed E-state index contributed by atoms with van der Waals surface area (Å²) in [7, 11) is 0. The number of aliphatic hydroxyl groups is 10. The number of hydrogen-bond donors (Lipinski definition) is 10. The maximum Gasteiger partial charge on any atom is 0.311 e. The van der Waals surface area contributed by atoms with Gasteiger partial charge in [-0.15, -0.1) is 0 Å². The molecule has 0 aromatic rings. The molecule has 8 saturated carbocycles. The Morgan fingerprint density at radius 1 is 0.374 bits per heavy atom. The Kier molecular flexibility index (Phi) is 22.3. The molecule has 0 heterocycles. The molecule has 0 unspecified atom stereocenters. The zero-order valence-corrected chi connectivity index (χ0v) is 76.4. The number of carbonyl (C=O) groups excluding carboxylic acids is 10. The third kappa shape index (κ3) is 12.9. The second-order valence-electron chi connectivity index (χ2n) is 44.0. The molecule has 0 saturated heterocycles. The van der Waals surface area contributed by atoms with Gasteiger partial charge < -0.3 is 79.5 Å². The molecule has 0 radical (unpaired) electrons. The molecule has 10 N–H and O–H groups in total. The van der Waals surface area contributed by atoms with Crippen LogP contribution in [0.4, 0.5) is 0 Å². The lowest BCUT2D eigenvalue weighted by molar-refractivity contribution is -0.188. The first kappa shape index (κ1) is 93.7. The van der Waals surface area contributed by atoms with E-state index < -0.39 is 148 Å². The van der Waals surface area contributed by atoms with E-state index in [1.54, 1.807) is 86.6 Å². The van der Waals surface area contributed by atoms with Crippen molar-refractivity contribution < 1.29 is 127 Å². The summed E-state index contributed by atoms with van der Waals surface area (Å²) >= 11 is 0. The minimum atomic E-state index is -1.82. The van der Waals surface area contributed by atoms with Crippen molar-refractivity contribution in [3.8, 4) is 0 Å². The molecule has 0 amide bonds. The number of hydrogen-bond acceptors (Lipinski definition) is 26. The van der Waals surface area contributed by atoms with Crippen LogP contribution in [0.25, 0.3) is 0 Å². The van der Waals surface area contributed by atoms with Gasteiger partial charge in [-0.1, -0.05) is 146 Å². The molecule has 16 aliphatic carbocycles. The van der Waals surface area contributed by atoms with Gasteiger partial charge in [0, 0.05) is 146 Å². The molecule has 16 rings (SSSR count). The van der Waals surface area contributed by atoms with Crippen molar-refractivity contribution in [3.63, 3.8) is 0 Å². The Hall–Kier alpha value is -6.98. The van der Waals surface area contributed by atoms with Crippen molar-refractivity contribution in [1.82, 2.24) is 0 Å². The highest BCUT2D eigenvalue weighted by Gasteiger charge is 2.88. The first-order chi connectivity index (χ1) is 56.3. The van der Waals surface area contributed by atoms with E-state index in [-0.39, 0.29) is 158 Å². The highest BCUT2D eigenvalue weighted by atomic mass is 16.6. The van der Waals surface area contributed by atoms with E-state index in [9.17, 15) is 99.0 Å². The average molecular weight is 1720 g/mol. The van der Waals surface area contributed by atoms with Gasteiger partial charge >= 0.3 is 35.8 Å². The number of aliphatic hydroxyl groups excluding tert-OH is 2. The van der Waals surface area contributed by atoms with Gasteiger partial charge in [0.05, 0.1) is 47.0 Å². The van der Waals surface area contributed by atoms with E-state index in [0.29, 0.717) is 70.3 Å². The minimum Gasteiger partial charge on any atom is -0.461 e. The summed E-state index contributed by atoms with van der Waals surface area (Å²) < 4.78 is 34.5. The number of rotatable bonds is 11. The van der Waals surface area contributed by atoms with Crippen LogP contribution in [0.1, 0.15) is 224 Å². The van der Waals surface area contributed by atoms with Crippen molar-refractivity contribution in [3.05, 3.63) is 93.2 Å².